The molecule has 0 N–H and O–H groups in total. The second kappa shape index (κ2) is 3.79. The van der Waals surface area contributed by atoms with Crippen LogP contribution in [0.5, 0.6) is 0 Å². The van der Waals surface area contributed by atoms with Gasteiger partial charge in [-0.1, -0.05) is 25.0 Å². The lowest BCUT2D eigenvalue weighted by atomic mass is 9.97. The topological polar surface area (TPSA) is 0 Å². The number of hydrogen-bond acceptors (Lipinski definition) is 0. The monoisotopic (exact) mass is 242 g/mol. The van der Waals surface area contributed by atoms with Crippen molar-refractivity contribution in [2.75, 3.05) is 0 Å². The van der Waals surface area contributed by atoms with Crippen LogP contribution in [0.1, 0.15) is 37.2 Å². The lowest BCUT2D eigenvalue weighted by Gasteiger charge is -2.10. The van der Waals surface area contributed by atoms with Gasteiger partial charge in [0.05, 0.1) is 4.47 Å². The van der Waals surface area contributed by atoms with Crippen molar-refractivity contribution in [3.8, 4) is 0 Å². The van der Waals surface area contributed by atoms with Gasteiger partial charge in [0, 0.05) is 0 Å². The van der Waals surface area contributed by atoms with Gasteiger partial charge in [0.25, 0.3) is 0 Å². The smallest absolute Gasteiger partial charge is 0.140 e. The van der Waals surface area contributed by atoms with Gasteiger partial charge in [-0.3, -0.25) is 0 Å². The van der Waals surface area contributed by atoms with Crippen molar-refractivity contribution in [3.05, 3.63) is 34.1 Å². The fourth-order valence-corrected chi connectivity index (χ4v) is 2.45. The van der Waals surface area contributed by atoms with E-state index in [1.165, 1.54) is 12.8 Å². The summed E-state index contributed by atoms with van der Waals surface area (Å²) in [6.45, 7) is 0. The summed E-state index contributed by atoms with van der Waals surface area (Å²) in [5.41, 5.74) is 0.895. The van der Waals surface area contributed by atoms with Crippen molar-refractivity contribution >= 4 is 15.9 Å². The van der Waals surface area contributed by atoms with E-state index in [1.54, 1.807) is 6.07 Å². The Hall–Kier alpha value is -0.370. The molecular weight excluding hydrogens is 231 g/mol. The molecule has 0 radical (unpaired) electrons. The molecule has 1 aromatic carbocycles. The Morgan fingerprint density at radius 1 is 1.23 bits per heavy atom. The average Bonchev–Trinajstić information content (AvgIpc) is 2.62. The lowest BCUT2D eigenvalue weighted by Crippen LogP contribution is -1.96. The van der Waals surface area contributed by atoms with E-state index in [0.717, 1.165) is 18.4 Å². The third-order valence-electron chi connectivity index (χ3n) is 2.78. The van der Waals surface area contributed by atoms with Crippen LogP contribution in [0.3, 0.4) is 0 Å². The van der Waals surface area contributed by atoms with E-state index in [0.29, 0.717) is 10.4 Å². The minimum atomic E-state index is -0.0607. The molecule has 1 saturated carbocycles. The molecule has 1 aliphatic rings. The van der Waals surface area contributed by atoms with Gasteiger partial charge in [0.1, 0.15) is 5.82 Å². The minimum Gasteiger partial charge on any atom is -0.205 e. The van der Waals surface area contributed by atoms with Crippen LogP contribution in [-0.2, 0) is 0 Å². The van der Waals surface area contributed by atoms with E-state index in [1.807, 2.05) is 12.1 Å². The Kier molecular flexibility index (Phi) is 2.68. The van der Waals surface area contributed by atoms with E-state index < -0.39 is 0 Å². The van der Waals surface area contributed by atoms with Crippen molar-refractivity contribution in [3.63, 3.8) is 0 Å². The van der Waals surface area contributed by atoms with Crippen molar-refractivity contribution in [1.29, 1.82) is 0 Å². The highest BCUT2D eigenvalue weighted by Gasteiger charge is 2.20. The van der Waals surface area contributed by atoms with Gasteiger partial charge in [-0.25, -0.2) is 4.39 Å². The zero-order valence-electron chi connectivity index (χ0n) is 7.39. The Balaban J connectivity index is 2.33. The Morgan fingerprint density at radius 2 is 1.92 bits per heavy atom. The quantitative estimate of drug-likeness (QED) is 0.691. The van der Waals surface area contributed by atoms with Crippen LogP contribution < -0.4 is 0 Å². The Bertz CT molecular complexity index is 303. The molecule has 0 aromatic heterocycles. The van der Waals surface area contributed by atoms with Crippen LogP contribution in [0, 0.1) is 5.82 Å². The molecule has 0 amide bonds. The molecule has 0 bridgehead atoms. The van der Waals surface area contributed by atoms with Gasteiger partial charge >= 0.3 is 0 Å². The van der Waals surface area contributed by atoms with Gasteiger partial charge in [-0.05, 0) is 46.3 Å². The molecule has 2 rings (SSSR count). The molecule has 0 saturated heterocycles. The highest BCUT2D eigenvalue weighted by Crippen LogP contribution is 2.36. The molecule has 1 aliphatic carbocycles. The second-order valence-corrected chi connectivity index (χ2v) is 4.48. The Morgan fingerprint density at radius 3 is 2.62 bits per heavy atom. The normalized spacial score (nSPS) is 18.0. The first-order chi connectivity index (χ1) is 6.29. The zero-order valence-corrected chi connectivity index (χ0v) is 8.98. The molecule has 0 spiro atoms. The summed E-state index contributed by atoms with van der Waals surface area (Å²) in [6.07, 6.45) is 4.79. The fraction of sp³-hybridized carbons (Fsp3) is 0.455. The summed E-state index contributed by atoms with van der Waals surface area (Å²) < 4.78 is 14.2. The number of halogens is 2. The first-order valence-corrected chi connectivity index (χ1v) is 5.52. The van der Waals surface area contributed by atoms with Crippen LogP contribution in [0.2, 0.25) is 0 Å². The zero-order chi connectivity index (χ0) is 9.26. The van der Waals surface area contributed by atoms with Crippen LogP contribution in [0.15, 0.2) is 22.7 Å². The van der Waals surface area contributed by atoms with Crippen LogP contribution in [-0.4, -0.2) is 0 Å². The Labute approximate surface area is 86.3 Å². The standard InChI is InChI=1S/C11H12BrF/c12-10-7-3-6-9(11(10)13)8-4-1-2-5-8/h3,6-8H,1-2,4-5H2. The maximum absolute atomic E-state index is 13.6. The molecule has 70 valence electrons. The van der Waals surface area contributed by atoms with Gasteiger partial charge in [0.2, 0.25) is 0 Å². The van der Waals surface area contributed by atoms with Gasteiger partial charge in [0.15, 0.2) is 0 Å². The first kappa shape index (κ1) is 9.20. The van der Waals surface area contributed by atoms with Crippen molar-refractivity contribution in [2.24, 2.45) is 0 Å². The van der Waals surface area contributed by atoms with Crippen molar-refractivity contribution in [1.82, 2.24) is 0 Å². The maximum Gasteiger partial charge on any atom is 0.140 e. The highest BCUT2D eigenvalue weighted by molar-refractivity contribution is 9.10. The van der Waals surface area contributed by atoms with Gasteiger partial charge in [-0.2, -0.15) is 0 Å². The van der Waals surface area contributed by atoms with Gasteiger partial charge in [-0.15, -0.1) is 0 Å². The van der Waals surface area contributed by atoms with Crippen LogP contribution in [0.4, 0.5) is 4.39 Å². The molecular formula is C11H12BrF. The van der Waals surface area contributed by atoms with E-state index in [9.17, 15) is 4.39 Å². The summed E-state index contributed by atoms with van der Waals surface area (Å²) in [5, 5.41) is 0. The molecule has 0 heterocycles. The summed E-state index contributed by atoms with van der Waals surface area (Å²) >= 11 is 3.22. The second-order valence-electron chi connectivity index (χ2n) is 3.62. The molecule has 0 unspecified atom stereocenters. The molecule has 0 aliphatic heterocycles. The molecule has 1 fully saturated rings. The SMILES string of the molecule is Fc1c(Br)cccc1C1CCCC1. The number of rotatable bonds is 1. The van der Waals surface area contributed by atoms with Crippen LogP contribution >= 0.6 is 15.9 Å². The lowest BCUT2D eigenvalue weighted by molar-refractivity contribution is 0.575. The van der Waals surface area contributed by atoms with Crippen LogP contribution in [0.25, 0.3) is 0 Å². The predicted octanol–water partition coefficient (Wildman–Crippen LogP) is 4.25. The molecule has 0 atom stereocenters. The van der Waals surface area contributed by atoms with E-state index in [4.69, 9.17) is 0 Å². The first-order valence-electron chi connectivity index (χ1n) is 4.73. The number of benzene rings is 1. The third kappa shape index (κ3) is 1.78. The largest absolute Gasteiger partial charge is 0.205 e. The summed E-state index contributed by atoms with van der Waals surface area (Å²) in [4.78, 5) is 0. The summed E-state index contributed by atoms with van der Waals surface area (Å²) in [5.74, 6) is 0.395. The van der Waals surface area contributed by atoms with Crippen molar-refractivity contribution in [2.45, 2.75) is 31.6 Å². The molecule has 2 heteroatoms. The van der Waals surface area contributed by atoms with E-state index in [-0.39, 0.29) is 5.82 Å². The van der Waals surface area contributed by atoms with E-state index in [2.05, 4.69) is 15.9 Å². The fourth-order valence-electron chi connectivity index (χ4n) is 2.07. The molecule has 13 heavy (non-hydrogen) atoms. The van der Waals surface area contributed by atoms with Gasteiger partial charge < -0.3 is 0 Å². The summed E-state index contributed by atoms with van der Waals surface area (Å²) in [6, 6.07) is 5.59. The summed E-state index contributed by atoms with van der Waals surface area (Å²) in [7, 11) is 0. The molecule has 0 nitrogen and oxygen atoms in total. The predicted molar refractivity (Wildman–Crippen MR) is 55.3 cm³/mol. The average molecular weight is 243 g/mol. The van der Waals surface area contributed by atoms with Crippen molar-refractivity contribution < 1.29 is 4.39 Å². The third-order valence-corrected chi connectivity index (χ3v) is 3.39. The molecule has 1 aromatic rings. The highest BCUT2D eigenvalue weighted by atomic mass is 79.9. The van der Waals surface area contributed by atoms with E-state index >= 15 is 0 Å². The minimum absolute atomic E-state index is 0.0607. The maximum atomic E-state index is 13.6. The number of hydrogen-bond donors (Lipinski definition) is 0.